The summed E-state index contributed by atoms with van der Waals surface area (Å²) < 4.78 is 19.2. The first-order valence-corrected chi connectivity index (χ1v) is 8.02. The zero-order valence-corrected chi connectivity index (χ0v) is 13.5. The van der Waals surface area contributed by atoms with E-state index in [-0.39, 0.29) is 48.2 Å². The molecule has 4 nitrogen and oxygen atoms in total. The van der Waals surface area contributed by atoms with E-state index in [0.717, 1.165) is 0 Å². The third-order valence-corrected chi connectivity index (χ3v) is 4.06. The number of benzene rings is 2. The third-order valence-electron chi connectivity index (χ3n) is 4.06. The summed E-state index contributed by atoms with van der Waals surface area (Å²) in [5.74, 6) is -0.963. The molecular formula is C20H17FO4. The number of hydrogen-bond donors (Lipinski definition) is 1. The van der Waals surface area contributed by atoms with Crippen LogP contribution < -0.4 is 4.74 Å². The summed E-state index contributed by atoms with van der Waals surface area (Å²) in [5, 5.41) is 10.4. The maximum absolute atomic E-state index is 13.6. The van der Waals surface area contributed by atoms with Crippen molar-refractivity contribution in [3.05, 3.63) is 71.0 Å². The lowest BCUT2D eigenvalue weighted by Crippen LogP contribution is -2.20. The van der Waals surface area contributed by atoms with Crippen LogP contribution in [0.3, 0.4) is 0 Å². The van der Waals surface area contributed by atoms with Crippen molar-refractivity contribution in [2.75, 3.05) is 0 Å². The highest BCUT2D eigenvalue weighted by atomic mass is 19.1. The predicted octanol–water partition coefficient (Wildman–Crippen LogP) is 4.00. The van der Waals surface area contributed by atoms with Gasteiger partial charge in [0.15, 0.2) is 11.6 Å². The normalized spacial score (nSPS) is 14.5. The number of ether oxygens (including phenoxy) is 1. The van der Waals surface area contributed by atoms with Crippen molar-refractivity contribution < 1.29 is 23.8 Å². The molecule has 0 spiro atoms. The average Bonchev–Trinajstić information content (AvgIpc) is 2.61. The van der Waals surface area contributed by atoms with Crippen molar-refractivity contribution in [1.82, 2.24) is 0 Å². The van der Waals surface area contributed by atoms with Crippen molar-refractivity contribution in [2.24, 2.45) is 0 Å². The lowest BCUT2D eigenvalue weighted by molar-refractivity contribution is -0.123. The van der Waals surface area contributed by atoms with Gasteiger partial charge in [-0.1, -0.05) is 30.3 Å². The van der Waals surface area contributed by atoms with Gasteiger partial charge in [-0.25, -0.2) is 4.39 Å². The van der Waals surface area contributed by atoms with Crippen LogP contribution in [-0.4, -0.2) is 16.7 Å². The Balaban J connectivity index is 1.83. The molecule has 0 aliphatic heterocycles. The van der Waals surface area contributed by atoms with Crippen LogP contribution >= 0.6 is 0 Å². The molecule has 2 aromatic carbocycles. The molecule has 0 aromatic heterocycles. The Morgan fingerprint density at radius 1 is 1.04 bits per heavy atom. The molecular weight excluding hydrogens is 323 g/mol. The van der Waals surface area contributed by atoms with Crippen LogP contribution in [0.2, 0.25) is 0 Å². The third kappa shape index (κ3) is 3.76. The molecule has 5 heteroatoms. The lowest BCUT2D eigenvalue weighted by Gasteiger charge is -2.14. The quantitative estimate of drug-likeness (QED) is 0.519. The summed E-state index contributed by atoms with van der Waals surface area (Å²) in [7, 11) is 0. The zero-order chi connectivity index (χ0) is 17.8. The number of ketones is 2. The van der Waals surface area contributed by atoms with Gasteiger partial charge in [0.05, 0.1) is 0 Å². The van der Waals surface area contributed by atoms with Crippen LogP contribution in [-0.2, 0) is 16.2 Å². The molecule has 1 aliphatic rings. The Labute approximate surface area is 144 Å². The highest BCUT2D eigenvalue weighted by Gasteiger charge is 2.27. The lowest BCUT2D eigenvalue weighted by atomic mass is 9.90. The standard InChI is InChI=1S/C20H17FO4/c21-16-8-2-1-5-14(16)12-25-15-7-3-6-13(11-15)20(24)19-17(22)9-4-10-18(19)23/h1-3,5-8,11,24H,4,9-10,12H2. The molecule has 128 valence electrons. The van der Waals surface area contributed by atoms with Crippen LogP contribution in [0.1, 0.15) is 30.4 Å². The first-order valence-electron chi connectivity index (χ1n) is 8.02. The van der Waals surface area contributed by atoms with E-state index in [4.69, 9.17) is 4.74 Å². The van der Waals surface area contributed by atoms with Gasteiger partial charge in [0.25, 0.3) is 0 Å². The van der Waals surface area contributed by atoms with E-state index in [1.807, 2.05) is 0 Å². The summed E-state index contributed by atoms with van der Waals surface area (Å²) >= 11 is 0. The van der Waals surface area contributed by atoms with Crippen LogP contribution in [0.4, 0.5) is 4.39 Å². The molecule has 1 aliphatic carbocycles. The number of hydrogen-bond acceptors (Lipinski definition) is 4. The summed E-state index contributed by atoms with van der Waals surface area (Å²) in [6.45, 7) is 0.0331. The maximum atomic E-state index is 13.6. The number of aliphatic hydroxyl groups is 1. The molecule has 2 aromatic rings. The van der Waals surface area contributed by atoms with Gasteiger partial charge in [0.2, 0.25) is 0 Å². The Morgan fingerprint density at radius 2 is 1.76 bits per heavy atom. The minimum atomic E-state index is -0.359. The number of halogens is 1. The van der Waals surface area contributed by atoms with E-state index in [9.17, 15) is 19.1 Å². The first kappa shape index (κ1) is 16.9. The number of Topliss-reactive ketones (excluding diaryl/α,β-unsaturated/α-hetero) is 2. The summed E-state index contributed by atoms with van der Waals surface area (Å²) in [6, 6.07) is 12.7. The summed E-state index contributed by atoms with van der Waals surface area (Å²) in [4.78, 5) is 23.9. The van der Waals surface area contributed by atoms with Crippen LogP contribution in [0.15, 0.2) is 54.1 Å². The average molecular weight is 340 g/mol. The van der Waals surface area contributed by atoms with Crippen molar-refractivity contribution in [3.8, 4) is 5.75 Å². The van der Waals surface area contributed by atoms with Crippen LogP contribution in [0, 0.1) is 5.82 Å². The largest absolute Gasteiger partial charge is 0.506 e. The number of carbonyl (C=O) groups excluding carboxylic acids is 2. The van der Waals surface area contributed by atoms with Crippen molar-refractivity contribution in [1.29, 1.82) is 0 Å². The minimum absolute atomic E-state index is 0.0331. The molecule has 0 unspecified atom stereocenters. The molecule has 0 bridgehead atoms. The highest BCUT2D eigenvalue weighted by molar-refractivity contribution is 6.25. The number of carbonyl (C=O) groups is 2. The molecule has 3 rings (SSSR count). The van der Waals surface area contributed by atoms with Crippen LogP contribution in [0.5, 0.6) is 5.75 Å². The zero-order valence-electron chi connectivity index (χ0n) is 13.5. The fourth-order valence-corrected chi connectivity index (χ4v) is 2.73. The smallest absolute Gasteiger partial charge is 0.170 e. The van der Waals surface area contributed by atoms with Crippen molar-refractivity contribution in [3.63, 3.8) is 0 Å². The van der Waals surface area contributed by atoms with Gasteiger partial charge in [0.1, 0.15) is 29.5 Å². The molecule has 1 fully saturated rings. The van der Waals surface area contributed by atoms with Gasteiger partial charge in [-0.3, -0.25) is 9.59 Å². The first-order chi connectivity index (χ1) is 12.1. The second kappa shape index (κ2) is 7.30. The fraction of sp³-hybridized carbons (Fsp3) is 0.200. The monoisotopic (exact) mass is 340 g/mol. The van der Waals surface area contributed by atoms with E-state index in [1.54, 1.807) is 36.4 Å². The molecule has 0 amide bonds. The number of aliphatic hydroxyl groups excluding tert-OH is 1. The molecule has 1 N–H and O–H groups in total. The molecule has 1 saturated carbocycles. The van der Waals surface area contributed by atoms with Gasteiger partial charge in [-0.15, -0.1) is 0 Å². The summed E-state index contributed by atoms with van der Waals surface area (Å²) in [6.07, 6.45) is 1.03. The predicted molar refractivity (Wildman–Crippen MR) is 90.6 cm³/mol. The molecule has 0 heterocycles. The second-order valence-electron chi connectivity index (χ2n) is 5.83. The minimum Gasteiger partial charge on any atom is -0.506 e. The second-order valence-corrected chi connectivity index (χ2v) is 5.83. The van der Waals surface area contributed by atoms with E-state index >= 15 is 0 Å². The number of allylic oxidation sites excluding steroid dienone is 1. The highest BCUT2D eigenvalue weighted by Crippen LogP contribution is 2.27. The van der Waals surface area contributed by atoms with Crippen molar-refractivity contribution >= 4 is 17.3 Å². The maximum Gasteiger partial charge on any atom is 0.170 e. The van der Waals surface area contributed by atoms with E-state index in [1.165, 1.54) is 12.1 Å². The van der Waals surface area contributed by atoms with Gasteiger partial charge in [-0.2, -0.15) is 0 Å². The molecule has 0 atom stereocenters. The Hall–Kier alpha value is -2.95. The van der Waals surface area contributed by atoms with Gasteiger partial charge >= 0.3 is 0 Å². The SMILES string of the molecule is O=C1CCCC(=O)C1=C(O)c1cccc(OCc2ccccc2F)c1. The van der Waals surface area contributed by atoms with Crippen LogP contribution in [0.25, 0.3) is 5.76 Å². The van der Waals surface area contributed by atoms with E-state index in [2.05, 4.69) is 0 Å². The Bertz CT molecular complexity index is 836. The Morgan fingerprint density at radius 3 is 2.48 bits per heavy atom. The molecule has 0 saturated heterocycles. The topological polar surface area (TPSA) is 63.6 Å². The fourth-order valence-electron chi connectivity index (χ4n) is 2.73. The van der Waals surface area contributed by atoms with Gasteiger partial charge in [0, 0.05) is 24.0 Å². The molecule has 0 radical (unpaired) electrons. The van der Waals surface area contributed by atoms with Gasteiger partial charge < -0.3 is 9.84 Å². The van der Waals surface area contributed by atoms with Crippen molar-refractivity contribution in [2.45, 2.75) is 25.9 Å². The summed E-state index contributed by atoms with van der Waals surface area (Å²) in [5.41, 5.74) is 0.593. The van der Waals surface area contributed by atoms with Gasteiger partial charge in [-0.05, 0) is 24.6 Å². The molecule has 25 heavy (non-hydrogen) atoms. The van der Waals surface area contributed by atoms with E-state index < -0.39 is 0 Å². The van der Waals surface area contributed by atoms with E-state index in [0.29, 0.717) is 23.3 Å². The Kier molecular flexibility index (Phi) is 4.93. The number of rotatable bonds is 4.